The molecule has 4 heteroatoms. The van der Waals surface area contributed by atoms with Crippen LogP contribution in [0.3, 0.4) is 0 Å². The highest BCUT2D eigenvalue weighted by molar-refractivity contribution is 5.76. The third-order valence-corrected chi connectivity index (χ3v) is 4.51. The van der Waals surface area contributed by atoms with Gasteiger partial charge in [-0.25, -0.2) is 4.98 Å². The van der Waals surface area contributed by atoms with Crippen molar-refractivity contribution in [3.63, 3.8) is 0 Å². The third-order valence-electron chi connectivity index (χ3n) is 4.51. The summed E-state index contributed by atoms with van der Waals surface area (Å²) in [4.78, 5) is 15.3. The van der Waals surface area contributed by atoms with Crippen molar-refractivity contribution in [2.75, 3.05) is 6.61 Å². The minimum absolute atomic E-state index is 0.336. The maximum atomic E-state index is 11.1. The minimum atomic E-state index is -0.757. The molecule has 1 atom stereocenters. The molecule has 1 unspecified atom stereocenters. The standard InChI is InChI=1S/C19H27NO3/c1-4-11-19(3,22)16-8-6-5-7-15(16)13-23-18-10-9-14(2)20-17(18)12-21/h9-10,12,22H,4-8,11,13H2,1-3H3. The van der Waals surface area contributed by atoms with Crippen molar-refractivity contribution in [3.05, 3.63) is 34.7 Å². The second-order valence-electron chi connectivity index (χ2n) is 6.56. The Hall–Kier alpha value is -1.68. The number of carbonyl (C=O) groups is 1. The molecule has 0 saturated heterocycles. The molecule has 0 spiro atoms. The Balaban J connectivity index is 2.19. The number of rotatable bonds is 7. The van der Waals surface area contributed by atoms with E-state index in [1.165, 1.54) is 5.57 Å². The molecule has 23 heavy (non-hydrogen) atoms. The van der Waals surface area contributed by atoms with Crippen LogP contribution in [0.15, 0.2) is 23.3 Å². The van der Waals surface area contributed by atoms with E-state index in [-0.39, 0.29) is 0 Å². The van der Waals surface area contributed by atoms with E-state index >= 15 is 0 Å². The van der Waals surface area contributed by atoms with Crippen molar-refractivity contribution in [2.24, 2.45) is 0 Å². The van der Waals surface area contributed by atoms with E-state index < -0.39 is 5.60 Å². The number of nitrogens with zero attached hydrogens (tertiary/aromatic N) is 1. The van der Waals surface area contributed by atoms with Crippen LogP contribution >= 0.6 is 0 Å². The third kappa shape index (κ3) is 4.41. The number of aldehydes is 1. The molecule has 4 nitrogen and oxygen atoms in total. The van der Waals surface area contributed by atoms with Gasteiger partial charge in [-0.1, -0.05) is 13.3 Å². The molecule has 0 saturated carbocycles. The molecule has 0 fully saturated rings. The lowest BCUT2D eigenvalue weighted by Gasteiger charge is -2.32. The van der Waals surface area contributed by atoms with Crippen molar-refractivity contribution in [2.45, 2.75) is 64.9 Å². The van der Waals surface area contributed by atoms with E-state index in [2.05, 4.69) is 11.9 Å². The van der Waals surface area contributed by atoms with Gasteiger partial charge in [0.1, 0.15) is 18.1 Å². The van der Waals surface area contributed by atoms with Gasteiger partial charge < -0.3 is 9.84 Å². The summed E-state index contributed by atoms with van der Waals surface area (Å²) in [5.74, 6) is 0.512. The maximum absolute atomic E-state index is 11.1. The van der Waals surface area contributed by atoms with Crippen LogP contribution in [0.2, 0.25) is 0 Å². The monoisotopic (exact) mass is 317 g/mol. The predicted molar refractivity (Wildman–Crippen MR) is 90.9 cm³/mol. The first kappa shape index (κ1) is 17.7. The Kier molecular flexibility index (Phi) is 5.94. The molecule has 126 valence electrons. The van der Waals surface area contributed by atoms with E-state index in [9.17, 15) is 9.90 Å². The van der Waals surface area contributed by atoms with E-state index in [0.29, 0.717) is 18.1 Å². The zero-order valence-electron chi connectivity index (χ0n) is 14.4. The molecule has 0 radical (unpaired) electrons. The molecule has 0 bridgehead atoms. The second kappa shape index (κ2) is 7.73. The fourth-order valence-electron chi connectivity index (χ4n) is 3.35. The van der Waals surface area contributed by atoms with Gasteiger partial charge in [-0.05, 0) is 69.2 Å². The van der Waals surface area contributed by atoms with Crippen LogP contribution in [0.1, 0.15) is 68.6 Å². The minimum Gasteiger partial charge on any atom is -0.487 e. The molecule has 1 aliphatic carbocycles. The number of aromatic nitrogens is 1. The number of hydrogen-bond acceptors (Lipinski definition) is 4. The lowest BCUT2D eigenvalue weighted by molar-refractivity contribution is 0.0800. The Bertz CT molecular complexity index is 590. The fourth-order valence-corrected chi connectivity index (χ4v) is 3.35. The van der Waals surface area contributed by atoms with Gasteiger partial charge in [0, 0.05) is 5.69 Å². The summed E-state index contributed by atoms with van der Waals surface area (Å²) in [6.45, 7) is 6.26. The fraction of sp³-hybridized carbons (Fsp3) is 0.579. The highest BCUT2D eigenvalue weighted by atomic mass is 16.5. The largest absolute Gasteiger partial charge is 0.487 e. The van der Waals surface area contributed by atoms with Gasteiger partial charge in [0.25, 0.3) is 0 Å². The predicted octanol–water partition coefficient (Wildman–Crippen LogP) is 4.00. The molecule has 1 N–H and O–H groups in total. The first-order valence-corrected chi connectivity index (χ1v) is 8.47. The van der Waals surface area contributed by atoms with Gasteiger partial charge in [0.05, 0.1) is 5.60 Å². The Morgan fingerprint density at radius 2 is 2.09 bits per heavy atom. The van der Waals surface area contributed by atoms with Crippen LogP contribution in [-0.4, -0.2) is 28.6 Å². The SMILES string of the molecule is CCCC(C)(O)C1=C(COc2ccc(C)nc2C=O)CCCC1. The molecule has 0 aromatic carbocycles. The van der Waals surface area contributed by atoms with Crippen molar-refractivity contribution < 1.29 is 14.6 Å². The van der Waals surface area contributed by atoms with Gasteiger partial charge in [-0.3, -0.25) is 4.79 Å². The van der Waals surface area contributed by atoms with E-state index in [4.69, 9.17) is 4.74 Å². The van der Waals surface area contributed by atoms with Gasteiger partial charge in [-0.15, -0.1) is 0 Å². The molecule has 1 heterocycles. The van der Waals surface area contributed by atoms with Gasteiger partial charge in [0.2, 0.25) is 0 Å². The van der Waals surface area contributed by atoms with Gasteiger partial charge >= 0.3 is 0 Å². The normalized spacial score (nSPS) is 17.7. The van der Waals surface area contributed by atoms with Crippen LogP contribution in [0, 0.1) is 6.92 Å². The average molecular weight is 317 g/mol. The van der Waals surface area contributed by atoms with Gasteiger partial charge in [-0.2, -0.15) is 0 Å². The second-order valence-corrected chi connectivity index (χ2v) is 6.56. The Morgan fingerprint density at radius 1 is 1.35 bits per heavy atom. The summed E-state index contributed by atoms with van der Waals surface area (Å²) < 4.78 is 5.86. The zero-order valence-corrected chi connectivity index (χ0v) is 14.4. The van der Waals surface area contributed by atoms with Crippen LogP contribution in [-0.2, 0) is 0 Å². The maximum Gasteiger partial charge on any atom is 0.172 e. The Labute approximate surface area is 138 Å². The molecule has 1 aliphatic rings. The molecular weight excluding hydrogens is 290 g/mol. The molecule has 2 rings (SSSR count). The van der Waals surface area contributed by atoms with Crippen molar-refractivity contribution in [1.29, 1.82) is 0 Å². The summed E-state index contributed by atoms with van der Waals surface area (Å²) in [6, 6.07) is 3.63. The molecule has 1 aromatic rings. The summed E-state index contributed by atoms with van der Waals surface area (Å²) in [7, 11) is 0. The first-order valence-electron chi connectivity index (χ1n) is 8.47. The van der Waals surface area contributed by atoms with Crippen LogP contribution < -0.4 is 4.74 Å². The summed E-state index contributed by atoms with van der Waals surface area (Å²) in [5, 5.41) is 10.8. The highest BCUT2D eigenvalue weighted by Gasteiger charge is 2.29. The molecule has 0 aliphatic heterocycles. The van der Waals surface area contributed by atoms with Crippen molar-refractivity contribution >= 4 is 6.29 Å². The molecule has 1 aromatic heterocycles. The van der Waals surface area contributed by atoms with Crippen LogP contribution in [0.25, 0.3) is 0 Å². The number of aliphatic hydroxyl groups is 1. The highest BCUT2D eigenvalue weighted by Crippen LogP contribution is 2.35. The quantitative estimate of drug-likeness (QED) is 0.610. The molecule has 0 amide bonds. The van der Waals surface area contributed by atoms with E-state index in [1.54, 1.807) is 6.07 Å². The van der Waals surface area contributed by atoms with Crippen LogP contribution in [0.5, 0.6) is 5.75 Å². The number of carbonyl (C=O) groups excluding carboxylic acids is 1. The summed E-state index contributed by atoms with van der Waals surface area (Å²) in [6.07, 6.45) is 6.55. The van der Waals surface area contributed by atoms with Crippen molar-refractivity contribution in [3.8, 4) is 5.75 Å². The topological polar surface area (TPSA) is 59.4 Å². The Morgan fingerprint density at radius 3 is 2.78 bits per heavy atom. The lowest BCUT2D eigenvalue weighted by Crippen LogP contribution is -2.30. The number of ether oxygens (including phenoxy) is 1. The zero-order chi connectivity index (χ0) is 16.9. The van der Waals surface area contributed by atoms with E-state index in [1.807, 2.05) is 19.9 Å². The summed E-state index contributed by atoms with van der Waals surface area (Å²) in [5.41, 5.74) is 2.67. The van der Waals surface area contributed by atoms with Crippen LogP contribution in [0.4, 0.5) is 0 Å². The number of hydrogen-bond donors (Lipinski definition) is 1. The average Bonchev–Trinajstić information content (AvgIpc) is 2.53. The first-order chi connectivity index (χ1) is 11.0. The number of pyridine rings is 1. The van der Waals surface area contributed by atoms with Crippen molar-refractivity contribution in [1.82, 2.24) is 4.98 Å². The molecular formula is C19H27NO3. The smallest absolute Gasteiger partial charge is 0.172 e. The van der Waals surface area contributed by atoms with Gasteiger partial charge in [0.15, 0.2) is 6.29 Å². The van der Waals surface area contributed by atoms with E-state index in [0.717, 1.165) is 56.1 Å². The lowest BCUT2D eigenvalue weighted by atomic mass is 9.80. The summed E-state index contributed by atoms with van der Waals surface area (Å²) >= 11 is 0. The number of aryl methyl sites for hydroxylation is 1.